The van der Waals surface area contributed by atoms with Gasteiger partial charge >= 0.3 is 0 Å². The summed E-state index contributed by atoms with van der Waals surface area (Å²) < 4.78 is 37.6. The second-order valence-corrected chi connectivity index (χ2v) is 8.65. The van der Waals surface area contributed by atoms with Crippen molar-refractivity contribution >= 4 is 31.7 Å². The Morgan fingerprint density at radius 3 is 2.38 bits per heavy atom. The lowest BCUT2D eigenvalue weighted by atomic mass is 9.98. The maximum Gasteiger partial charge on any atom is 0.247 e. The summed E-state index contributed by atoms with van der Waals surface area (Å²) in [6.07, 6.45) is 1.60. The predicted molar refractivity (Wildman–Crippen MR) is 104 cm³/mol. The van der Waals surface area contributed by atoms with Gasteiger partial charge in [0.25, 0.3) is 0 Å². The summed E-state index contributed by atoms with van der Waals surface area (Å²) in [5.41, 5.74) is 2.30. The summed E-state index contributed by atoms with van der Waals surface area (Å²) in [4.78, 5) is 0. The molecule has 0 saturated carbocycles. The highest BCUT2D eigenvalue weighted by Crippen LogP contribution is 2.42. The van der Waals surface area contributed by atoms with E-state index in [9.17, 15) is 8.42 Å². The summed E-state index contributed by atoms with van der Waals surface area (Å²) in [5, 5.41) is 4.40. The van der Waals surface area contributed by atoms with Crippen LogP contribution in [0.4, 0.5) is 0 Å². The maximum atomic E-state index is 12.3. The second-order valence-electron chi connectivity index (χ2n) is 5.89. The number of methoxy groups -OCH3 is 2. The van der Waals surface area contributed by atoms with Crippen molar-refractivity contribution < 1.29 is 17.9 Å². The lowest BCUT2D eigenvalue weighted by Gasteiger charge is -2.23. The van der Waals surface area contributed by atoms with Crippen LogP contribution in [0.3, 0.4) is 0 Å². The first-order chi connectivity index (χ1) is 12.3. The highest BCUT2D eigenvalue weighted by molar-refractivity contribution is 9.10. The molecule has 0 aliphatic carbocycles. The smallest absolute Gasteiger partial charge is 0.247 e. The van der Waals surface area contributed by atoms with Crippen molar-refractivity contribution in [3.63, 3.8) is 0 Å². The van der Waals surface area contributed by atoms with Crippen molar-refractivity contribution in [2.75, 3.05) is 20.5 Å². The standard InChI is InChI=1S/C18H19BrN2O4S/c1-24-17-6-4-5-14(18(17)25-2)16-11-15(20-21(16)26(3,22)23)12-7-9-13(19)10-8-12/h4-10,16H,11H2,1-3H3/t16-/m1/s1. The molecule has 8 heteroatoms. The Bertz CT molecular complexity index is 942. The van der Waals surface area contributed by atoms with Crippen LogP contribution in [0.25, 0.3) is 0 Å². The molecule has 2 aromatic carbocycles. The quantitative estimate of drug-likeness (QED) is 0.715. The minimum absolute atomic E-state index is 0.443. The van der Waals surface area contributed by atoms with Crippen LogP contribution in [0, 0.1) is 0 Å². The van der Waals surface area contributed by atoms with Crippen LogP contribution in [-0.4, -0.2) is 39.0 Å². The van der Waals surface area contributed by atoms with Crippen molar-refractivity contribution in [3.05, 3.63) is 58.1 Å². The predicted octanol–water partition coefficient (Wildman–Crippen LogP) is 3.58. The molecule has 2 aromatic rings. The van der Waals surface area contributed by atoms with E-state index in [1.54, 1.807) is 13.2 Å². The molecule has 0 N–H and O–H groups in total. The van der Waals surface area contributed by atoms with Gasteiger partial charge < -0.3 is 9.47 Å². The maximum absolute atomic E-state index is 12.3. The summed E-state index contributed by atoms with van der Waals surface area (Å²) >= 11 is 3.40. The van der Waals surface area contributed by atoms with E-state index in [4.69, 9.17) is 9.47 Å². The molecule has 1 aliphatic heterocycles. The molecule has 0 radical (unpaired) electrons. The monoisotopic (exact) mass is 438 g/mol. The van der Waals surface area contributed by atoms with Gasteiger partial charge in [0.15, 0.2) is 11.5 Å². The van der Waals surface area contributed by atoms with Gasteiger partial charge in [0.05, 0.1) is 32.2 Å². The molecule has 0 unspecified atom stereocenters. The first-order valence-corrected chi connectivity index (χ1v) is 10.5. The molecule has 0 fully saturated rings. The van der Waals surface area contributed by atoms with E-state index in [0.29, 0.717) is 29.2 Å². The Morgan fingerprint density at radius 2 is 1.81 bits per heavy atom. The number of hydrogen-bond donors (Lipinski definition) is 0. The fourth-order valence-corrected chi connectivity index (χ4v) is 4.18. The molecule has 0 aromatic heterocycles. The molecule has 3 rings (SSSR count). The third-order valence-corrected chi connectivity index (χ3v) is 5.73. The van der Waals surface area contributed by atoms with E-state index in [2.05, 4.69) is 21.0 Å². The third kappa shape index (κ3) is 3.57. The van der Waals surface area contributed by atoms with Crippen LogP contribution < -0.4 is 9.47 Å². The number of para-hydroxylation sites is 1. The average Bonchev–Trinajstić information content (AvgIpc) is 3.07. The number of hydrogen-bond acceptors (Lipinski definition) is 5. The number of sulfonamides is 1. The topological polar surface area (TPSA) is 68.2 Å². The van der Waals surface area contributed by atoms with Gasteiger partial charge in [-0.05, 0) is 23.8 Å². The van der Waals surface area contributed by atoms with Crippen LogP contribution in [0.1, 0.15) is 23.6 Å². The van der Waals surface area contributed by atoms with Crippen molar-refractivity contribution in [2.45, 2.75) is 12.5 Å². The number of ether oxygens (including phenoxy) is 2. The van der Waals surface area contributed by atoms with E-state index >= 15 is 0 Å². The fourth-order valence-electron chi connectivity index (χ4n) is 3.02. The molecule has 6 nitrogen and oxygen atoms in total. The minimum atomic E-state index is -3.55. The van der Waals surface area contributed by atoms with Crippen molar-refractivity contribution in [1.82, 2.24) is 4.41 Å². The number of halogens is 1. The molecular weight excluding hydrogens is 420 g/mol. The average molecular weight is 439 g/mol. The van der Waals surface area contributed by atoms with Crippen LogP contribution in [0.15, 0.2) is 52.0 Å². The van der Waals surface area contributed by atoms with Gasteiger partial charge in [-0.1, -0.05) is 40.2 Å². The SMILES string of the molecule is COc1cccc([C@H]2CC(c3ccc(Br)cc3)=NN2S(C)(=O)=O)c1OC. The highest BCUT2D eigenvalue weighted by Gasteiger charge is 2.36. The molecule has 0 amide bonds. The molecule has 0 saturated heterocycles. The van der Waals surface area contributed by atoms with Crippen LogP contribution >= 0.6 is 15.9 Å². The number of nitrogens with zero attached hydrogens (tertiary/aromatic N) is 2. The van der Waals surface area contributed by atoms with Gasteiger partial charge in [0.2, 0.25) is 10.0 Å². The first kappa shape index (κ1) is 18.7. The summed E-state index contributed by atoms with van der Waals surface area (Å²) in [5.74, 6) is 1.07. The van der Waals surface area contributed by atoms with Gasteiger partial charge in [-0.25, -0.2) is 8.42 Å². The van der Waals surface area contributed by atoms with E-state index in [0.717, 1.165) is 20.7 Å². The van der Waals surface area contributed by atoms with Gasteiger partial charge in [0, 0.05) is 16.5 Å². The Balaban J connectivity index is 2.07. The number of benzene rings is 2. The Labute approximate surface area is 161 Å². The van der Waals surface area contributed by atoms with E-state index in [1.165, 1.54) is 7.11 Å². The Hall–Kier alpha value is -2.06. The van der Waals surface area contributed by atoms with E-state index in [-0.39, 0.29) is 0 Å². The first-order valence-electron chi connectivity index (χ1n) is 7.89. The summed E-state index contributed by atoms with van der Waals surface area (Å²) in [6, 6.07) is 12.6. The van der Waals surface area contributed by atoms with E-state index in [1.807, 2.05) is 36.4 Å². The van der Waals surface area contributed by atoms with E-state index < -0.39 is 16.1 Å². The Morgan fingerprint density at radius 1 is 1.12 bits per heavy atom. The molecule has 0 spiro atoms. The fraction of sp³-hybridized carbons (Fsp3) is 0.278. The molecule has 26 heavy (non-hydrogen) atoms. The lowest BCUT2D eigenvalue weighted by Crippen LogP contribution is -2.26. The Kier molecular flexibility index (Phi) is 5.24. The van der Waals surface area contributed by atoms with Crippen molar-refractivity contribution in [3.8, 4) is 11.5 Å². The van der Waals surface area contributed by atoms with Gasteiger partial charge in [0.1, 0.15) is 0 Å². The van der Waals surface area contributed by atoms with Crippen LogP contribution in [0.2, 0.25) is 0 Å². The van der Waals surface area contributed by atoms with Gasteiger partial charge in [-0.2, -0.15) is 9.52 Å². The van der Waals surface area contributed by atoms with Gasteiger partial charge in [-0.15, -0.1) is 0 Å². The highest BCUT2D eigenvalue weighted by atomic mass is 79.9. The lowest BCUT2D eigenvalue weighted by molar-refractivity contribution is 0.329. The minimum Gasteiger partial charge on any atom is -0.493 e. The van der Waals surface area contributed by atoms with Crippen LogP contribution in [0.5, 0.6) is 11.5 Å². The zero-order valence-electron chi connectivity index (χ0n) is 14.6. The zero-order valence-corrected chi connectivity index (χ0v) is 17.0. The molecule has 1 heterocycles. The second kappa shape index (κ2) is 7.28. The summed E-state index contributed by atoms with van der Waals surface area (Å²) in [7, 11) is -0.464. The van der Waals surface area contributed by atoms with Crippen LogP contribution in [-0.2, 0) is 10.0 Å². The van der Waals surface area contributed by atoms with Crippen molar-refractivity contribution in [1.29, 1.82) is 0 Å². The number of rotatable bonds is 5. The third-order valence-electron chi connectivity index (χ3n) is 4.18. The largest absolute Gasteiger partial charge is 0.493 e. The summed E-state index contributed by atoms with van der Waals surface area (Å²) in [6.45, 7) is 0. The van der Waals surface area contributed by atoms with Gasteiger partial charge in [-0.3, -0.25) is 0 Å². The molecule has 0 bridgehead atoms. The normalized spacial score (nSPS) is 17.2. The zero-order chi connectivity index (χ0) is 18.9. The number of hydrazone groups is 1. The molecule has 1 aliphatic rings. The molecule has 1 atom stereocenters. The van der Waals surface area contributed by atoms with Crippen molar-refractivity contribution in [2.24, 2.45) is 5.10 Å². The molecular formula is C18H19BrN2O4S. The molecule has 138 valence electrons.